The Morgan fingerprint density at radius 2 is 1.89 bits per heavy atom. The molecule has 9 heteroatoms. The van der Waals surface area contributed by atoms with Crippen molar-refractivity contribution in [1.82, 2.24) is 30.4 Å². The van der Waals surface area contributed by atoms with Crippen molar-refractivity contribution >= 4 is 23.7 Å². The summed E-state index contributed by atoms with van der Waals surface area (Å²) in [7, 11) is 0. The minimum Gasteiger partial charge on any atom is -0.333 e. The highest BCUT2D eigenvalue weighted by atomic mass is 32.2. The highest BCUT2D eigenvalue weighted by Crippen LogP contribution is 2.27. The number of amides is 3. The van der Waals surface area contributed by atoms with Crippen molar-refractivity contribution in [2.45, 2.75) is 63.5 Å². The number of hydrogen-bond donors (Lipinski definition) is 2. The van der Waals surface area contributed by atoms with Gasteiger partial charge in [-0.15, -0.1) is 10.2 Å². The molecule has 0 saturated carbocycles. The number of thioether (sulfide) groups is 1. The fraction of sp³-hybridized carbons (Fsp3) is 0.500. The molecule has 27 heavy (non-hydrogen) atoms. The van der Waals surface area contributed by atoms with Gasteiger partial charge < -0.3 is 9.88 Å². The van der Waals surface area contributed by atoms with Crippen molar-refractivity contribution in [3.05, 3.63) is 24.5 Å². The zero-order valence-corrected chi connectivity index (χ0v) is 17.1. The van der Waals surface area contributed by atoms with Crippen LogP contribution < -0.4 is 10.6 Å². The second kappa shape index (κ2) is 8.98. The van der Waals surface area contributed by atoms with E-state index in [1.54, 1.807) is 19.3 Å². The van der Waals surface area contributed by atoms with Gasteiger partial charge in [0.25, 0.3) is 0 Å². The summed E-state index contributed by atoms with van der Waals surface area (Å²) in [5.74, 6) is 0.359. The Labute approximate surface area is 163 Å². The van der Waals surface area contributed by atoms with E-state index >= 15 is 0 Å². The van der Waals surface area contributed by atoms with Gasteiger partial charge in [-0.2, -0.15) is 0 Å². The zero-order valence-electron chi connectivity index (χ0n) is 16.3. The first-order valence-corrected chi connectivity index (χ1v) is 9.72. The molecular formula is C18H26N6O2S. The molecule has 2 aromatic heterocycles. The SMILES string of the molecule is CCCn1c(S[C@H](C)C(=O)NC(=O)NC(C)(C)C)nnc1-c1ccncc1. The van der Waals surface area contributed by atoms with E-state index in [2.05, 4.69) is 32.7 Å². The van der Waals surface area contributed by atoms with Crippen LogP contribution in [0.1, 0.15) is 41.0 Å². The maximum absolute atomic E-state index is 12.3. The summed E-state index contributed by atoms with van der Waals surface area (Å²) in [6.45, 7) is 10.1. The number of carbonyl (C=O) groups is 2. The average molecular weight is 391 g/mol. The Kier molecular flexibility index (Phi) is 6.95. The summed E-state index contributed by atoms with van der Waals surface area (Å²) in [4.78, 5) is 28.2. The van der Waals surface area contributed by atoms with Gasteiger partial charge in [0.15, 0.2) is 11.0 Å². The summed E-state index contributed by atoms with van der Waals surface area (Å²) in [5.41, 5.74) is 0.501. The molecule has 0 saturated heterocycles. The number of nitrogens with zero attached hydrogens (tertiary/aromatic N) is 4. The average Bonchev–Trinajstić information content (AvgIpc) is 2.96. The Balaban J connectivity index is 2.11. The van der Waals surface area contributed by atoms with Crippen LogP contribution in [0, 0.1) is 0 Å². The first-order chi connectivity index (χ1) is 12.7. The molecule has 2 N–H and O–H groups in total. The molecule has 2 heterocycles. The predicted molar refractivity (Wildman–Crippen MR) is 105 cm³/mol. The first kappa shape index (κ1) is 20.9. The maximum atomic E-state index is 12.3. The summed E-state index contributed by atoms with van der Waals surface area (Å²) in [6.07, 6.45) is 4.31. The largest absolute Gasteiger partial charge is 0.333 e. The molecule has 0 aliphatic carbocycles. The van der Waals surface area contributed by atoms with E-state index in [9.17, 15) is 9.59 Å². The Hall–Kier alpha value is -2.42. The summed E-state index contributed by atoms with van der Waals surface area (Å²) >= 11 is 1.28. The zero-order chi connectivity index (χ0) is 20.0. The second-order valence-corrected chi connectivity index (χ2v) is 8.46. The summed E-state index contributed by atoms with van der Waals surface area (Å²) in [6, 6.07) is 3.24. The lowest BCUT2D eigenvalue weighted by Gasteiger charge is -2.21. The fourth-order valence-electron chi connectivity index (χ4n) is 2.31. The molecule has 0 bridgehead atoms. The number of aromatic nitrogens is 4. The van der Waals surface area contributed by atoms with Gasteiger partial charge in [0.05, 0.1) is 5.25 Å². The van der Waals surface area contributed by atoms with Crippen LogP contribution in [-0.2, 0) is 11.3 Å². The number of rotatable bonds is 6. The molecule has 1 atom stereocenters. The number of pyridine rings is 1. The molecule has 0 unspecified atom stereocenters. The molecule has 146 valence electrons. The van der Waals surface area contributed by atoms with Gasteiger partial charge in [0.2, 0.25) is 5.91 Å². The fourth-order valence-corrected chi connectivity index (χ4v) is 3.19. The topological polar surface area (TPSA) is 102 Å². The lowest BCUT2D eigenvalue weighted by molar-refractivity contribution is -0.119. The van der Waals surface area contributed by atoms with Crippen LogP contribution in [0.5, 0.6) is 0 Å². The van der Waals surface area contributed by atoms with E-state index in [4.69, 9.17) is 0 Å². The van der Waals surface area contributed by atoms with E-state index < -0.39 is 16.8 Å². The van der Waals surface area contributed by atoms with Gasteiger partial charge >= 0.3 is 6.03 Å². The molecule has 0 fully saturated rings. The smallest absolute Gasteiger partial charge is 0.321 e. The third-order valence-electron chi connectivity index (χ3n) is 3.48. The van der Waals surface area contributed by atoms with Crippen molar-refractivity contribution in [2.75, 3.05) is 0 Å². The van der Waals surface area contributed by atoms with Gasteiger partial charge in [0, 0.05) is 30.0 Å². The van der Waals surface area contributed by atoms with Crippen LogP contribution in [0.4, 0.5) is 4.79 Å². The molecule has 2 rings (SSSR count). The van der Waals surface area contributed by atoms with E-state index in [1.165, 1.54) is 11.8 Å². The molecule has 0 aromatic carbocycles. The first-order valence-electron chi connectivity index (χ1n) is 8.84. The van der Waals surface area contributed by atoms with Crippen molar-refractivity contribution in [3.63, 3.8) is 0 Å². The van der Waals surface area contributed by atoms with Crippen LogP contribution in [0.15, 0.2) is 29.7 Å². The Morgan fingerprint density at radius 1 is 1.22 bits per heavy atom. The molecule has 3 amide bonds. The second-order valence-electron chi connectivity index (χ2n) is 7.15. The highest BCUT2D eigenvalue weighted by Gasteiger charge is 2.23. The van der Waals surface area contributed by atoms with Crippen LogP contribution >= 0.6 is 11.8 Å². The van der Waals surface area contributed by atoms with Crippen LogP contribution in [-0.4, -0.2) is 42.5 Å². The van der Waals surface area contributed by atoms with Crippen LogP contribution in [0.3, 0.4) is 0 Å². The third kappa shape index (κ3) is 6.06. The van der Waals surface area contributed by atoms with Gasteiger partial charge in [-0.05, 0) is 46.2 Å². The quantitative estimate of drug-likeness (QED) is 0.736. The van der Waals surface area contributed by atoms with Gasteiger partial charge in [-0.1, -0.05) is 18.7 Å². The Morgan fingerprint density at radius 3 is 2.48 bits per heavy atom. The third-order valence-corrected chi connectivity index (χ3v) is 4.56. The molecule has 0 radical (unpaired) electrons. The monoisotopic (exact) mass is 390 g/mol. The van der Waals surface area contributed by atoms with Crippen molar-refractivity contribution < 1.29 is 9.59 Å². The predicted octanol–water partition coefficient (Wildman–Crippen LogP) is 2.86. The molecule has 2 aromatic rings. The van der Waals surface area contributed by atoms with Gasteiger partial charge in [-0.3, -0.25) is 15.1 Å². The van der Waals surface area contributed by atoms with E-state index in [0.717, 1.165) is 24.4 Å². The molecular weight excluding hydrogens is 364 g/mol. The van der Waals surface area contributed by atoms with Crippen molar-refractivity contribution in [2.24, 2.45) is 0 Å². The lowest BCUT2D eigenvalue weighted by Crippen LogP contribution is -2.49. The molecule has 0 aliphatic rings. The number of imide groups is 1. The Bertz CT molecular complexity index is 785. The van der Waals surface area contributed by atoms with Gasteiger partial charge in [-0.25, -0.2) is 4.79 Å². The number of hydrogen-bond acceptors (Lipinski definition) is 6. The highest BCUT2D eigenvalue weighted by molar-refractivity contribution is 8.00. The molecule has 0 spiro atoms. The van der Waals surface area contributed by atoms with Crippen LogP contribution in [0.2, 0.25) is 0 Å². The maximum Gasteiger partial charge on any atom is 0.321 e. The number of urea groups is 1. The molecule has 8 nitrogen and oxygen atoms in total. The lowest BCUT2D eigenvalue weighted by atomic mass is 10.1. The minimum absolute atomic E-state index is 0.377. The molecule has 0 aliphatic heterocycles. The van der Waals surface area contributed by atoms with Crippen molar-refractivity contribution in [3.8, 4) is 11.4 Å². The number of nitrogens with one attached hydrogen (secondary N) is 2. The minimum atomic E-state index is -0.507. The van der Waals surface area contributed by atoms with Gasteiger partial charge in [0.1, 0.15) is 0 Å². The number of carbonyl (C=O) groups excluding carboxylic acids is 2. The van der Waals surface area contributed by atoms with E-state index in [-0.39, 0.29) is 5.91 Å². The van der Waals surface area contributed by atoms with E-state index in [0.29, 0.717) is 5.16 Å². The summed E-state index contributed by atoms with van der Waals surface area (Å²) < 4.78 is 1.99. The standard InChI is InChI=1S/C18H26N6O2S/c1-6-11-24-14(13-7-9-19-10-8-13)22-23-17(24)27-12(2)15(25)20-16(26)21-18(3,4)5/h7-10,12H,6,11H2,1-5H3,(H2,20,21,25,26)/t12-/m1/s1. The van der Waals surface area contributed by atoms with Crippen LogP contribution in [0.25, 0.3) is 11.4 Å². The summed E-state index contributed by atoms with van der Waals surface area (Å²) in [5, 5.41) is 13.7. The van der Waals surface area contributed by atoms with Crippen molar-refractivity contribution in [1.29, 1.82) is 0 Å². The normalized spacial score (nSPS) is 12.5. The van der Waals surface area contributed by atoms with E-state index in [1.807, 2.05) is 37.5 Å².